The van der Waals surface area contributed by atoms with Gasteiger partial charge in [-0.25, -0.2) is 13.1 Å². The van der Waals surface area contributed by atoms with Gasteiger partial charge in [-0.15, -0.1) is 0 Å². The summed E-state index contributed by atoms with van der Waals surface area (Å²) in [5, 5.41) is 4.56. The Morgan fingerprint density at radius 3 is 2.38 bits per heavy atom. The van der Waals surface area contributed by atoms with Gasteiger partial charge < -0.3 is 9.64 Å². The predicted molar refractivity (Wildman–Crippen MR) is 109 cm³/mol. The minimum absolute atomic E-state index is 0.0170. The first-order valence-electron chi connectivity index (χ1n) is 10.8. The molecule has 3 heterocycles. The van der Waals surface area contributed by atoms with Crippen LogP contribution in [0.15, 0.2) is 4.90 Å². The van der Waals surface area contributed by atoms with Crippen LogP contribution in [0.3, 0.4) is 0 Å². The number of quaternary nitrogens is 1. The first-order chi connectivity index (χ1) is 13.7. The summed E-state index contributed by atoms with van der Waals surface area (Å²) in [6.45, 7) is 11.6. The highest BCUT2D eigenvalue weighted by Crippen LogP contribution is 2.27. The molecule has 2 aliphatic heterocycles. The predicted octanol–water partition coefficient (Wildman–Crippen LogP) is 0.736. The lowest BCUT2D eigenvalue weighted by molar-refractivity contribution is -0.929. The molecule has 0 radical (unpaired) electrons. The van der Waals surface area contributed by atoms with Crippen LogP contribution in [0.2, 0.25) is 0 Å². The standard InChI is InChI=1S/C20H34N4O4S/c1-5-28-20(25)18-8-10-22(11-9-18)14-24-17(4)19(16(3)21-24)29(26,27)23-12-6-15(2)7-13-23/h15,18H,5-14H2,1-4H3/p+1. The number of hydrogen-bond acceptors (Lipinski definition) is 5. The quantitative estimate of drug-likeness (QED) is 0.677. The van der Waals surface area contributed by atoms with Gasteiger partial charge in [-0.1, -0.05) is 6.92 Å². The molecule has 8 nitrogen and oxygen atoms in total. The number of aromatic nitrogens is 2. The number of carbonyl (C=O) groups excluding carboxylic acids is 1. The topological polar surface area (TPSA) is 85.9 Å². The smallest absolute Gasteiger partial charge is 0.309 e. The summed E-state index contributed by atoms with van der Waals surface area (Å²) in [4.78, 5) is 13.6. The van der Waals surface area contributed by atoms with Gasteiger partial charge in [-0.3, -0.25) is 4.79 Å². The van der Waals surface area contributed by atoms with E-state index in [9.17, 15) is 13.2 Å². The summed E-state index contributed by atoms with van der Waals surface area (Å²) in [5.74, 6) is 0.464. The number of hydrogen-bond donors (Lipinski definition) is 1. The van der Waals surface area contributed by atoms with Crippen LogP contribution in [0.4, 0.5) is 0 Å². The van der Waals surface area contributed by atoms with Gasteiger partial charge in [0.05, 0.1) is 37.0 Å². The van der Waals surface area contributed by atoms with Crippen molar-refractivity contribution in [3.05, 3.63) is 11.4 Å². The molecule has 0 bridgehead atoms. The van der Waals surface area contributed by atoms with Crippen LogP contribution in [-0.4, -0.2) is 61.3 Å². The van der Waals surface area contributed by atoms with Crippen molar-refractivity contribution in [2.75, 3.05) is 32.8 Å². The Morgan fingerprint density at radius 1 is 1.17 bits per heavy atom. The summed E-state index contributed by atoms with van der Waals surface area (Å²) >= 11 is 0. The molecule has 2 fully saturated rings. The number of aryl methyl sites for hydroxylation is 1. The number of rotatable bonds is 6. The van der Waals surface area contributed by atoms with Crippen LogP contribution in [0.1, 0.15) is 50.9 Å². The number of nitrogens with one attached hydrogen (secondary N) is 1. The molecule has 0 unspecified atom stereocenters. The van der Waals surface area contributed by atoms with E-state index in [1.807, 2.05) is 18.5 Å². The zero-order valence-corrected chi connectivity index (χ0v) is 18.9. The lowest BCUT2D eigenvalue weighted by atomic mass is 9.97. The van der Waals surface area contributed by atoms with Crippen LogP contribution >= 0.6 is 0 Å². The van der Waals surface area contributed by atoms with Crippen molar-refractivity contribution in [1.29, 1.82) is 0 Å². The molecule has 29 heavy (non-hydrogen) atoms. The Bertz CT molecular complexity index is 820. The molecule has 2 saturated heterocycles. The lowest BCUT2D eigenvalue weighted by Crippen LogP contribution is -3.12. The van der Waals surface area contributed by atoms with Crippen molar-refractivity contribution in [1.82, 2.24) is 14.1 Å². The summed E-state index contributed by atoms with van der Waals surface area (Å²) in [6, 6.07) is 0. The van der Waals surface area contributed by atoms with Crippen LogP contribution in [0.5, 0.6) is 0 Å². The van der Waals surface area contributed by atoms with Crippen LogP contribution in [0.25, 0.3) is 0 Å². The van der Waals surface area contributed by atoms with Crippen LogP contribution < -0.4 is 4.90 Å². The third-order valence-electron chi connectivity index (χ3n) is 6.34. The first kappa shape index (κ1) is 22.2. The first-order valence-corrected chi connectivity index (χ1v) is 12.2. The van der Waals surface area contributed by atoms with Gasteiger partial charge in [0.15, 0.2) is 6.67 Å². The molecule has 0 aliphatic carbocycles. The third-order valence-corrected chi connectivity index (χ3v) is 8.49. The van der Waals surface area contributed by atoms with E-state index in [1.165, 1.54) is 4.90 Å². The highest BCUT2D eigenvalue weighted by atomic mass is 32.2. The van der Waals surface area contributed by atoms with Gasteiger partial charge in [0, 0.05) is 25.9 Å². The maximum absolute atomic E-state index is 13.2. The molecule has 3 rings (SSSR count). The van der Waals surface area contributed by atoms with Gasteiger partial charge in [-0.05, 0) is 39.5 Å². The monoisotopic (exact) mass is 427 g/mol. The average molecular weight is 428 g/mol. The maximum atomic E-state index is 13.2. The van der Waals surface area contributed by atoms with Crippen molar-refractivity contribution in [3.63, 3.8) is 0 Å². The lowest BCUT2D eigenvalue weighted by Gasteiger charge is -2.29. The van der Waals surface area contributed by atoms with Crippen LogP contribution in [-0.2, 0) is 26.2 Å². The Labute approximate surface area is 174 Å². The second-order valence-electron chi connectivity index (χ2n) is 8.52. The van der Waals surface area contributed by atoms with Gasteiger partial charge in [0.2, 0.25) is 10.0 Å². The van der Waals surface area contributed by atoms with Crippen molar-refractivity contribution in [2.24, 2.45) is 11.8 Å². The molecule has 0 spiro atoms. The van der Waals surface area contributed by atoms with E-state index in [4.69, 9.17) is 4.74 Å². The minimum Gasteiger partial charge on any atom is -0.466 e. The Kier molecular flexibility index (Phi) is 7.01. The number of ether oxygens (including phenoxy) is 1. The zero-order chi connectivity index (χ0) is 21.2. The summed E-state index contributed by atoms with van der Waals surface area (Å²) in [5.41, 5.74) is 1.28. The van der Waals surface area contributed by atoms with E-state index in [0.29, 0.717) is 48.6 Å². The van der Waals surface area contributed by atoms with Gasteiger partial charge in [0.1, 0.15) is 4.90 Å². The number of carbonyl (C=O) groups is 1. The fraction of sp³-hybridized carbons (Fsp3) is 0.800. The average Bonchev–Trinajstić information content (AvgIpc) is 2.96. The Hall–Kier alpha value is -1.45. The highest BCUT2D eigenvalue weighted by molar-refractivity contribution is 7.89. The normalized spacial score (nSPS) is 24.6. The molecule has 0 atom stereocenters. The fourth-order valence-electron chi connectivity index (χ4n) is 4.45. The number of nitrogens with zero attached hydrogens (tertiary/aromatic N) is 3. The third kappa shape index (κ3) is 4.83. The van der Waals surface area contributed by atoms with Crippen molar-refractivity contribution in [3.8, 4) is 0 Å². The van der Waals surface area contributed by atoms with Gasteiger partial charge >= 0.3 is 5.97 Å². The second kappa shape index (κ2) is 9.14. The van der Waals surface area contributed by atoms with E-state index in [-0.39, 0.29) is 11.9 Å². The maximum Gasteiger partial charge on any atom is 0.309 e. The molecule has 1 aromatic heterocycles. The van der Waals surface area contributed by atoms with E-state index in [0.717, 1.165) is 38.8 Å². The number of piperidine rings is 2. The molecular formula is C20H35N4O4S+. The second-order valence-corrected chi connectivity index (χ2v) is 10.4. The molecule has 0 aromatic carbocycles. The summed E-state index contributed by atoms with van der Waals surface area (Å²) < 4.78 is 35.1. The number of sulfonamides is 1. The van der Waals surface area contributed by atoms with Crippen molar-refractivity contribution < 1.29 is 22.8 Å². The SMILES string of the molecule is CCOC(=O)C1CC[NH+](Cn2nc(C)c(S(=O)(=O)N3CCC(C)CC3)c2C)CC1. The molecule has 1 aromatic rings. The zero-order valence-electron chi connectivity index (χ0n) is 18.1. The largest absolute Gasteiger partial charge is 0.466 e. The molecule has 164 valence electrons. The number of esters is 1. The molecular weight excluding hydrogens is 392 g/mol. The minimum atomic E-state index is -3.51. The molecule has 0 amide bonds. The molecule has 0 saturated carbocycles. The number of likely N-dealkylation sites (tertiary alicyclic amines) is 1. The molecule has 1 N–H and O–H groups in total. The molecule has 2 aliphatic rings. The van der Waals surface area contributed by atoms with Crippen LogP contribution in [0, 0.1) is 25.7 Å². The van der Waals surface area contributed by atoms with E-state index < -0.39 is 10.0 Å². The van der Waals surface area contributed by atoms with E-state index in [1.54, 1.807) is 11.2 Å². The fourth-order valence-corrected chi connectivity index (χ4v) is 6.30. The van der Waals surface area contributed by atoms with Gasteiger partial charge in [0.25, 0.3) is 0 Å². The summed E-state index contributed by atoms with van der Waals surface area (Å²) in [7, 11) is -3.51. The molecule has 9 heteroatoms. The van der Waals surface area contributed by atoms with E-state index in [2.05, 4.69) is 12.0 Å². The van der Waals surface area contributed by atoms with E-state index >= 15 is 0 Å². The highest BCUT2D eigenvalue weighted by Gasteiger charge is 2.34. The van der Waals surface area contributed by atoms with Gasteiger partial charge in [-0.2, -0.15) is 9.40 Å². The van der Waals surface area contributed by atoms with Crippen molar-refractivity contribution >= 4 is 16.0 Å². The Morgan fingerprint density at radius 2 is 1.79 bits per heavy atom. The summed E-state index contributed by atoms with van der Waals surface area (Å²) in [6.07, 6.45) is 3.41. The van der Waals surface area contributed by atoms with Crippen molar-refractivity contribution in [2.45, 2.75) is 64.9 Å². The Balaban J connectivity index is 1.68.